The normalized spacial score (nSPS) is 26.0. The van der Waals surface area contributed by atoms with Crippen LogP contribution in [0.2, 0.25) is 0 Å². The molecule has 0 bridgehead atoms. The molecular weight excluding hydrogens is 338 g/mol. The van der Waals surface area contributed by atoms with Crippen molar-refractivity contribution in [1.82, 2.24) is 5.32 Å². The van der Waals surface area contributed by atoms with Gasteiger partial charge >= 0.3 is 0 Å². The van der Waals surface area contributed by atoms with Gasteiger partial charge in [-0.15, -0.1) is 0 Å². The summed E-state index contributed by atoms with van der Waals surface area (Å²) in [5, 5.41) is 6.09. The predicted molar refractivity (Wildman–Crippen MR) is 108 cm³/mol. The highest BCUT2D eigenvalue weighted by molar-refractivity contribution is 5.99. The Morgan fingerprint density at radius 2 is 1.56 bits per heavy atom. The van der Waals surface area contributed by atoms with E-state index in [9.17, 15) is 9.59 Å². The van der Waals surface area contributed by atoms with Crippen LogP contribution in [0.3, 0.4) is 0 Å². The first-order chi connectivity index (χ1) is 13.1. The quantitative estimate of drug-likeness (QED) is 0.834. The highest BCUT2D eigenvalue weighted by Gasteiger charge is 2.48. The van der Waals surface area contributed by atoms with E-state index < -0.39 is 0 Å². The van der Waals surface area contributed by atoms with E-state index in [-0.39, 0.29) is 23.7 Å². The number of hydrogen-bond acceptors (Lipinski definition) is 3. The molecule has 1 heterocycles. The highest BCUT2D eigenvalue weighted by atomic mass is 16.2. The summed E-state index contributed by atoms with van der Waals surface area (Å²) in [5.74, 6) is 0.546. The monoisotopic (exact) mass is 369 g/mol. The van der Waals surface area contributed by atoms with Crippen LogP contribution in [-0.2, 0) is 9.59 Å². The number of anilines is 2. The van der Waals surface area contributed by atoms with Gasteiger partial charge in [-0.3, -0.25) is 9.59 Å². The van der Waals surface area contributed by atoms with E-state index in [1.54, 1.807) is 0 Å². The third-order valence-corrected chi connectivity index (χ3v) is 6.45. The van der Waals surface area contributed by atoms with Crippen LogP contribution in [0.1, 0.15) is 51.9 Å². The maximum Gasteiger partial charge on any atom is 0.228 e. The molecule has 4 rings (SSSR count). The lowest BCUT2D eigenvalue weighted by Gasteiger charge is -2.32. The molecule has 1 aromatic carbocycles. The summed E-state index contributed by atoms with van der Waals surface area (Å²) in [4.78, 5) is 27.1. The summed E-state index contributed by atoms with van der Waals surface area (Å²) < 4.78 is 0. The standard InChI is InChI=1S/C22H31N3O2/c1-15-10-12-25(13-11-15)18-8-6-17(7-9-18)24-22(27)20-14-19(20)21(26)23-16-4-2-3-5-16/h6-9,15-16,19-20H,2-5,10-14H2,1H3,(H,23,26)(H,24,27). The molecule has 3 fully saturated rings. The zero-order valence-electron chi connectivity index (χ0n) is 16.2. The Bertz CT molecular complexity index is 673. The van der Waals surface area contributed by atoms with Gasteiger partial charge in [0, 0.05) is 30.5 Å². The third kappa shape index (κ3) is 4.45. The van der Waals surface area contributed by atoms with Crippen LogP contribution in [0.4, 0.5) is 11.4 Å². The summed E-state index contributed by atoms with van der Waals surface area (Å²) in [6, 6.07) is 8.45. The van der Waals surface area contributed by atoms with E-state index in [2.05, 4.69) is 34.6 Å². The van der Waals surface area contributed by atoms with Gasteiger partial charge in [-0.1, -0.05) is 19.8 Å². The Kier molecular flexibility index (Phi) is 5.37. The Hall–Kier alpha value is -2.04. The van der Waals surface area contributed by atoms with Gasteiger partial charge in [-0.25, -0.2) is 0 Å². The molecule has 2 aliphatic carbocycles. The zero-order valence-corrected chi connectivity index (χ0v) is 16.2. The van der Waals surface area contributed by atoms with Gasteiger partial charge in [0.1, 0.15) is 0 Å². The van der Waals surface area contributed by atoms with Crippen molar-refractivity contribution in [3.05, 3.63) is 24.3 Å². The second-order valence-corrected chi connectivity index (χ2v) is 8.64. The van der Waals surface area contributed by atoms with Crippen molar-refractivity contribution in [2.24, 2.45) is 17.8 Å². The summed E-state index contributed by atoms with van der Waals surface area (Å²) in [6.07, 6.45) is 7.72. The predicted octanol–water partition coefficient (Wildman–Crippen LogP) is 3.56. The summed E-state index contributed by atoms with van der Waals surface area (Å²) in [6.45, 7) is 4.52. The lowest BCUT2D eigenvalue weighted by Crippen LogP contribution is -2.34. The van der Waals surface area contributed by atoms with Gasteiger partial charge in [0.2, 0.25) is 11.8 Å². The van der Waals surface area contributed by atoms with E-state index in [4.69, 9.17) is 0 Å². The van der Waals surface area contributed by atoms with Crippen LogP contribution in [-0.4, -0.2) is 30.9 Å². The summed E-state index contributed by atoms with van der Waals surface area (Å²) in [5.41, 5.74) is 2.04. The first-order valence-corrected chi connectivity index (χ1v) is 10.6. The molecule has 0 aromatic heterocycles. The van der Waals surface area contributed by atoms with Gasteiger partial charge in [0.15, 0.2) is 0 Å². The Labute approximate surface area is 161 Å². The Morgan fingerprint density at radius 1 is 0.926 bits per heavy atom. The van der Waals surface area contributed by atoms with Crippen LogP contribution in [0, 0.1) is 17.8 Å². The van der Waals surface area contributed by atoms with Crippen molar-refractivity contribution in [2.45, 2.75) is 57.9 Å². The molecule has 2 saturated carbocycles. The van der Waals surface area contributed by atoms with Crippen molar-refractivity contribution in [3.8, 4) is 0 Å². The van der Waals surface area contributed by atoms with Gasteiger partial charge in [0.05, 0.1) is 11.8 Å². The van der Waals surface area contributed by atoms with Crippen LogP contribution in [0.15, 0.2) is 24.3 Å². The SMILES string of the molecule is CC1CCN(c2ccc(NC(=O)C3CC3C(=O)NC3CCCC3)cc2)CC1. The minimum Gasteiger partial charge on any atom is -0.372 e. The minimum absolute atomic E-state index is 0.0267. The minimum atomic E-state index is -0.172. The first kappa shape index (κ1) is 18.3. The molecule has 2 N–H and O–H groups in total. The maximum atomic E-state index is 12.4. The van der Waals surface area contributed by atoms with Gasteiger partial charge < -0.3 is 15.5 Å². The van der Waals surface area contributed by atoms with E-state index in [0.717, 1.165) is 37.5 Å². The maximum absolute atomic E-state index is 12.4. The lowest BCUT2D eigenvalue weighted by atomic mass is 9.99. The van der Waals surface area contributed by atoms with Crippen LogP contribution in [0.5, 0.6) is 0 Å². The average molecular weight is 370 g/mol. The van der Waals surface area contributed by atoms with Crippen molar-refractivity contribution in [3.63, 3.8) is 0 Å². The first-order valence-electron chi connectivity index (χ1n) is 10.6. The number of hydrogen-bond donors (Lipinski definition) is 2. The van der Waals surface area contributed by atoms with Gasteiger partial charge in [-0.2, -0.15) is 0 Å². The third-order valence-electron chi connectivity index (χ3n) is 6.45. The number of nitrogens with one attached hydrogen (secondary N) is 2. The topological polar surface area (TPSA) is 61.4 Å². The molecule has 3 aliphatic rings. The van der Waals surface area contributed by atoms with E-state index in [1.165, 1.54) is 31.4 Å². The highest BCUT2D eigenvalue weighted by Crippen LogP contribution is 2.40. The second-order valence-electron chi connectivity index (χ2n) is 8.64. The van der Waals surface area contributed by atoms with Crippen LogP contribution in [0.25, 0.3) is 0 Å². The fourth-order valence-electron chi connectivity index (χ4n) is 4.41. The van der Waals surface area contributed by atoms with Gasteiger partial charge in [0.25, 0.3) is 0 Å². The molecule has 2 unspecified atom stereocenters. The zero-order chi connectivity index (χ0) is 18.8. The summed E-state index contributed by atoms with van der Waals surface area (Å²) >= 11 is 0. The fourth-order valence-corrected chi connectivity index (χ4v) is 4.41. The second kappa shape index (κ2) is 7.91. The number of carbonyl (C=O) groups is 2. The number of nitrogens with zero attached hydrogens (tertiary/aromatic N) is 1. The molecule has 5 heteroatoms. The molecule has 2 atom stereocenters. The molecule has 1 saturated heterocycles. The summed E-state index contributed by atoms with van der Waals surface area (Å²) in [7, 11) is 0. The van der Waals surface area contributed by atoms with E-state index in [0.29, 0.717) is 12.5 Å². The van der Waals surface area contributed by atoms with Crippen LogP contribution < -0.4 is 15.5 Å². The largest absolute Gasteiger partial charge is 0.372 e. The fraction of sp³-hybridized carbons (Fsp3) is 0.636. The van der Waals surface area contributed by atoms with Crippen molar-refractivity contribution in [2.75, 3.05) is 23.3 Å². The van der Waals surface area contributed by atoms with E-state index in [1.807, 2.05) is 12.1 Å². The molecule has 0 spiro atoms. The van der Waals surface area contributed by atoms with Crippen molar-refractivity contribution >= 4 is 23.2 Å². The molecule has 5 nitrogen and oxygen atoms in total. The number of carbonyl (C=O) groups excluding carboxylic acids is 2. The average Bonchev–Trinajstić information content (AvgIpc) is 3.33. The smallest absolute Gasteiger partial charge is 0.228 e. The number of amides is 2. The molecule has 1 aliphatic heterocycles. The Morgan fingerprint density at radius 3 is 2.22 bits per heavy atom. The number of piperidine rings is 1. The Balaban J connectivity index is 1.25. The molecule has 27 heavy (non-hydrogen) atoms. The number of benzene rings is 1. The molecule has 0 radical (unpaired) electrons. The van der Waals surface area contributed by atoms with Gasteiger partial charge in [-0.05, 0) is 62.3 Å². The number of rotatable bonds is 5. The molecule has 2 amide bonds. The van der Waals surface area contributed by atoms with E-state index >= 15 is 0 Å². The van der Waals surface area contributed by atoms with Crippen LogP contribution >= 0.6 is 0 Å². The van der Waals surface area contributed by atoms with Crippen molar-refractivity contribution in [1.29, 1.82) is 0 Å². The molecular formula is C22H31N3O2. The molecule has 1 aromatic rings. The van der Waals surface area contributed by atoms with Crippen molar-refractivity contribution < 1.29 is 9.59 Å². The lowest BCUT2D eigenvalue weighted by molar-refractivity contribution is -0.125. The molecule has 146 valence electrons.